The maximum absolute atomic E-state index is 12.7. The molecule has 5 bridgehead atoms. The number of esters is 2. The Balaban J connectivity index is 1.90. The fourth-order valence-corrected chi connectivity index (χ4v) is 4.58. The molecule has 5 aliphatic rings. The van der Waals surface area contributed by atoms with Crippen LogP contribution >= 0.6 is 0 Å². The molecule has 140 valence electrons. The molecule has 2 saturated heterocycles. The highest BCUT2D eigenvalue weighted by molar-refractivity contribution is 6.19. The molecule has 1 spiro atoms. The van der Waals surface area contributed by atoms with Gasteiger partial charge in [0.05, 0.1) is 12.0 Å². The minimum Gasteiger partial charge on any atom is -0.484 e. The van der Waals surface area contributed by atoms with Crippen LogP contribution < -0.4 is 0 Å². The third kappa shape index (κ3) is 2.13. The van der Waals surface area contributed by atoms with Gasteiger partial charge >= 0.3 is 11.9 Å². The van der Waals surface area contributed by atoms with E-state index in [4.69, 9.17) is 14.2 Å². The van der Waals surface area contributed by atoms with Crippen LogP contribution in [-0.2, 0) is 28.6 Å². The zero-order chi connectivity index (χ0) is 18.9. The van der Waals surface area contributed by atoms with E-state index in [9.17, 15) is 19.5 Å². The molecule has 0 aromatic rings. The molecule has 0 unspecified atom stereocenters. The minimum atomic E-state index is -1.25. The standard InChI is InChI=1S/C19H22O7/c1-9-8-19-11-5-7-13(21)24-10(2)4-6-12(20)14(17(23)26-19)16(19)25-18(9,3)15(11)22/h5,7,9-11,15,22H,4,6,8H2,1-3H3/b7-5-/t9-,10-,11-,15-,18-,19-/m0/s1. The van der Waals surface area contributed by atoms with Gasteiger partial charge in [-0.3, -0.25) is 4.79 Å². The number of carbonyl (C=O) groups excluding carboxylic acids is 3. The van der Waals surface area contributed by atoms with Crippen molar-refractivity contribution in [3.63, 3.8) is 0 Å². The van der Waals surface area contributed by atoms with E-state index in [2.05, 4.69) is 0 Å². The molecule has 7 nitrogen and oxygen atoms in total. The monoisotopic (exact) mass is 362 g/mol. The summed E-state index contributed by atoms with van der Waals surface area (Å²) in [6.45, 7) is 5.36. The van der Waals surface area contributed by atoms with E-state index >= 15 is 0 Å². The average Bonchev–Trinajstić information content (AvgIpc) is 2.83. The lowest BCUT2D eigenvalue weighted by Gasteiger charge is -2.59. The Kier molecular flexibility index (Phi) is 3.60. The van der Waals surface area contributed by atoms with Crippen molar-refractivity contribution in [3.8, 4) is 0 Å². The van der Waals surface area contributed by atoms with E-state index in [-0.39, 0.29) is 29.5 Å². The van der Waals surface area contributed by atoms with Crippen LogP contribution in [0.4, 0.5) is 0 Å². The maximum atomic E-state index is 12.7. The first-order valence-electron chi connectivity index (χ1n) is 8.96. The Morgan fingerprint density at radius 2 is 1.92 bits per heavy atom. The summed E-state index contributed by atoms with van der Waals surface area (Å²) >= 11 is 0. The molecule has 1 saturated carbocycles. The lowest BCUT2D eigenvalue weighted by Crippen LogP contribution is -2.69. The molecule has 5 rings (SSSR count). The van der Waals surface area contributed by atoms with Crippen molar-refractivity contribution in [1.82, 2.24) is 0 Å². The summed E-state index contributed by atoms with van der Waals surface area (Å²) in [5.74, 6) is -2.23. The van der Waals surface area contributed by atoms with Crippen LogP contribution in [0.2, 0.25) is 0 Å². The van der Waals surface area contributed by atoms with Crippen molar-refractivity contribution in [2.75, 3.05) is 0 Å². The molecule has 1 aliphatic carbocycles. The van der Waals surface area contributed by atoms with Crippen molar-refractivity contribution in [2.45, 2.75) is 63.4 Å². The summed E-state index contributed by atoms with van der Waals surface area (Å²) in [7, 11) is 0. The number of hydrogen-bond acceptors (Lipinski definition) is 7. The Morgan fingerprint density at radius 3 is 2.65 bits per heavy atom. The minimum absolute atomic E-state index is 0.0466. The molecule has 0 aromatic carbocycles. The lowest BCUT2D eigenvalue weighted by atomic mass is 9.59. The van der Waals surface area contributed by atoms with Crippen LogP contribution in [0.3, 0.4) is 0 Å². The number of aliphatic hydroxyl groups excluding tert-OH is 1. The number of rotatable bonds is 0. The average molecular weight is 362 g/mol. The molecule has 1 N–H and O–H groups in total. The van der Waals surface area contributed by atoms with Crippen molar-refractivity contribution in [2.24, 2.45) is 11.8 Å². The predicted molar refractivity (Wildman–Crippen MR) is 87.6 cm³/mol. The van der Waals surface area contributed by atoms with Gasteiger partial charge in [-0.2, -0.15) is 0 Å². The highest BCUT2D eigenvalue weighted by Crippen LogP contribution is 2.60. The summed E-state index contributed by atoms with van der Waals surface area (Å²) in [4.78, 5) is 37.3. The van der Waals surface area contributed by atoms with E-state index in [1.165, 1.54) is 12.2 Å². The Morgan fingerprint density at radius 1 is 1.19 bits per heavy atom. The largest absolute Gasteiger partial charge is 0.484 e. The van der Waals surface area contributed by atoms with Crippen LogP contribution in [0.1, 0.15) is 40.0 Å². The van der Waals surface area contributed by atoms with Gasteiger partial charge in [0.1, 0.15) is 17.3 Å². The predicted octanol–water partition coefficient (Wildman–Crippen LogP) is 1.19. The Bertz CT molecular complexity index is 766. The van der Waals surface area contributed by atoms with Crippen LogP contribution in [-0.4, -0.2) is 46.2 Å². The molecule has 7 heteroatoms. The van der Waals surface area contributed by atoms with E-state index in [0.29, 0.717) is 12.8 Å². The summed E-state index contributed by atoms with van der Waals surface area (Å²) < 4.78 is 17.0. The third-order valence-corrected chi connectivity index (χ3v) is 6.28. The number of ether oxygens (including phenoxy) is 3. The molecule has 3 fully saturated rings. The second-order valence-corrected chi connectivity index (χ2v) is 7.91. The Labute approximate surface area is 151 Å². The van der Waals surface area contributed by atoms with Crippen LogP contribution in [0.25, 0.3) is 0 Å². The second-order valence-electron chi connectivity index (χ2n) is 7.91. The third-order valence-electron chi connectivity index (χ3n) is 6.28. The summed E-state index contributed by atoms with van der Waals surface area (Å²) in [5, 5.41) is 10.9. The van der Waals surface area contributed by atoms with Crippen molar-refractivity contribution < 1.29 is 33.7 Å². The Hall–Kier alpha value is -2.15. The number of aliphatic hydroxyl groups is 1. The molecule has 4 aliphatic heterocycles. The van der Waals surface area contributed by atoms with Gasteiger partial charge < -0.3 is 19.3 Å². The molecular formula is C19H22O7. The topological polar surface area (TPSA) is 99.1 Å². The van der Waals surface area contributed by atoms with Crippen molar-refractivity contribution in [3.05, 3.63) is 23.5 Å². The van der Waals surface area contributed by atoms with Gasteiger partial charge in [0.15, 0.2) is 17.1 Å². The smallest absolute Gasteiger partial charge is 0.346 e. The van der Waals surface area contributed by atoms with Gasteiger partial charge in [-0.1, -0.05) is 13.0 Å². The molecule has 0 aromatic heterocycles. The summed E-state index contributed by atoms with van der Waals surface area (Å²) in [6.07, 6.45) is 2.09. The first-order chi connectivity index (χ1) is 12.2. The van der Waals surface area contributed by atoms with Gasteiger partial charge in [0, 0.05) is 24.8 Å². The van der Waals surface area contributed by atoms with Gasteiger partial charge in [-0.15, -0.1) is 0 Å². The maximum Gasteiger partial charge on any atom is 0.346 e. The van der Waals surface area contributed by atoms with Crippen molar-refractivity contribution >= 4 is 17.7 Å². The number of cyclic esters (lactones) is 1. The normalized spacial score (nSPS) is 46.1. The highest BCUT2D eigenvalue weighted by Gasteiger charge is 2.70. The van der Waals surface area contributed by atoms with Gasteiger partial charge in [-0.05, 0) is 20.3 Å². The van der Waals surface area contributed by atoms with Crippen LogP contribution in [0.15, 0.2) is 23.5 Å². The van der Waals surface area contributed by atoms with E-state index in [1.807, 2.05) is 6.92 Å². The fourth-order valence-electron chi connectivity index (χ4n) is 4.58. The van der Waals surface area contributed by atoms with E-state index in [0.717, 1.165) is 0 Å². The van der Waals surface area contributed by atoms with E-state index < -0.39 is 41.3 Å². The number of hydrogen-bond donors (Lipinski definition) is 1. The van der Waals surface area contributed by atoms with Crippen LogP contribution in [0.5, 0.6) is 0 Å². The lowest BCUT2D eigenvalue weighted by molar-refractivity contribution is -0.262. The summed E-state index contributed by atoms with van der Waals surface area (Å²) in [6, 6.07) is 0. The number of fused-ring (bicyclic) bond motifs is 1. The molecule has 0 amide bonds. The first kappa shape index (κ1) is 17.3. The SMILES string of the molecule is C[C@H]1CCC(=O)C2=C3O[C@@]4(C)[C@@H](C)C[C@]3(OC2=O)[C@@H](/C=C\C(=O)O1)[C@@H]4O. The van der Waals surface area contributed by atoms with Gasteiger partial charge in [0.2, 0.25) is 0 Å². The molecule has 6 atom stereocenters. The first-order valence-corrected chi connectivity index (χ1v) is 8.96. The van der Waals surface area contributed by atoms with Crippen LogP contribution in [0, 0.1) is 11.8 Å². The van der Waals surface area contributed by atoms with Gasteiger partial charge in [-0.25, -0.2) is 9.59 Å². The van der Waals surface area contributed by atoms with Gasteiger partial charge in [0.25, 0.3) is 0 Å². The summed E-state index contributed by atoms with van der Waals surface area (Å²) in [5.41, 5.74) is -2.29. The molecular weight excluding hydrogens is 340 g/mol. The zero-order valence-corrected chi connectivity index (χ0v) is 15.0. The number of carbonyl (C=O) groups is 3. The zero-order valence-electron chi connectivity index (χ0n) is 15.0. The fraction of sp³-hybridized carbons (Fsp3) is 0.632. The molecule has 4 heterocycles. The molecule has 0 radical (unpaired) electrons. The van der Waals surface area contributed by atoms with Crippen molar-refractivity contribution in [1.29, 1.82) is 0 Å². The second kappa shape index (κ2) is 5.42. The number of Topliss-reactive ketones (excluding diaryl/α,β-unsaturated/α-hetero) is 1. The highest BCUT2D eigenvalue weighted by atomic mass is 16.6. The van der Waals surface area contributed by atoms with E-state index in [1.54, 1.807) is 13.8 Å². The molecule has 26 heavy (non-hydrogen) atoms. The quantitative estimate of drug-likeness (QED) is 0.510. The number of ketones is 1.